The van der Waals surface area contributed by atoms with Gasteiger partial charge >= 0.3 is 5.97 Å². The molecule has 3 heteroatoms. The fraction of sp³-hybridized carbons (Fsp3) is 0.900. The van der Waals surface area contributed by atoms with Crippen molar-refractivity contribution in [2.24, 2.45) is 50.7 Å². The van der Waals surface area contributed by atoms with Crippen molar-refractivity contribution in [3.63, 3.8) is 0 Å². The van der Waals surface area contributed by atoms with Crippen molar-refractivity contribution in [3.8, 4) is 0 Å². The normalized spacial score (nSPS) is 51.1. The van der Waals surface area contributed by atoms with E-state index in [1.165, 1.54) is 51.4 Å². The minimum Gasteiger partial charge on any atom is -0.478 e. The minimum absolute atomic E-state index is 0.0721. The molecule has 186 valence electrons. The number of hydrogen-bond acceptors (Lipinski definition) is 2. The molecule has 2 spiro atoms. The Balaban J connectivity index is 1.37. The summed E-state index contributed by atoms with van der Waals surface area (Å²) in [4.78, 5) is 11.2. The van der Waals surface area contributed by atoms with Crippen LogP contribution in [0.15, 0.2) is 11.6 Å². The molecule has 0 aromatic carbocycles. The smallest absolute Gasteiger partial charge is 0.330 e. The topological polar surface area (TPSA) is 57.5 Å². The summed E-state index contributed by atoms with van der Waals surface area (Å²) in [6.45, 7) is 14.2. The third-order valence-corrected chi connectivity index (χ3v) is 13.3. The van der Waals surface area contributed by atoms with Crippen molar-refractivity contribution in [3.05, 3.63) is 11.6 Å². The third kappa shape index (κ3) is 2.93. The van der Waals surface area contributed by atoms with Gasteiger partial charge in [0.2, 0.25) is 0 Å². The van der Waals surface area contributed by atoms with Crippen LogP contribution in [0, 0.1) is 50.7 Å². The van der Waals surface area contributed by atoms with Crippen LogP contribution in [0.4, 0.5) is 0 Å². The maximum Gasteiger partial charge on any atom is 0.330 e. The van der Waals surface area contributed by atoms with Crippen LogP contribution < -0.4 is 0 Å². The molecule has 0 radical (unpaired) electrons. The lowest BCUT2D eigenvalue weighted by atomic mass is 9.41. The number of allylic oxidation sites excluding steroid dienone is 1. The highest BCUT2D eigenvalue weighted by molar-refractivity contribution is 5.85. The number of aliphatic carboxylic acids is 1. The van der Waals surface area contributed by atoms with Gasteiger partial charge in [0.25, 0.3) is 0 Å². The first kappa shape index (κ1) is 23.9. The number of carboxylic acid groups (broad SMARTS) is 1. The van der Waals surface area contributed by atoms with E-state index in [9.17, 15) is 15.0 Å². The molecular formula is C30H48O3. The summed E-state index contributed by atoms with van der Waals surface area (Å²) >= 11 is 0. The third-order valence-electron chi connectivity index (χ3n) is 13.3. The van der Waals surface area contributed by atoms with Gasteiger partial charge in [0.05, 0.1) is 6.10 Å². The largest absolute Gasteiger partial charge is 0.478 e. The molecule has 0 aromatic rings. The highest BCUT2D eigenvalue weighted by atomic mass is 16.4. The first-order valence-electron chi connectivity index (χ1n) is 13.9. The monoisotopic (exact) mass is 456 g/mol. The molecule has 0 bridgehead atoms. The highest BCUT2D eigenvalue weighted by Gasteiger charge is 2.82. The molecule has 5 saturated carbocycles. The second kappa shape index (κ2) is 7.34. The van der Waals surface area contributed by atoms with Crippen molar-refractivity contribution in [1.82, 2.24) is 0 Å². The van der Waals surface area contributed by atoms with Crippen molar-refractivity contribution in [1.29, 1.82) is 0 Å². The maximum atomic E-state index is 11.2. The van der Waals surface area contributed by atoms with Crippen molar-refractivity contribution >= 4 is 5.97 Å². The molecule has 0 aromatic heterocycles. The van der Waals surface area contributed by atoms with E-state index >= 15 is 0 Å². The predicted octanol–water partition coefficient (Wildman–Crippen LogP) is 7.23. The molecule has 9 atom stereocenters. The SMILES string of the molecule is C/C(=C/CC[C@@H](C)[C@H]1CC[C@@]2(C)[C@H]3CC[C@@H]4C(C)(C)[C@H](O)CC[C@@]45C[C@@]35CC[C@]12C)C(=O)O. The van der Waals surface area contributed by atoms with Gasteiger partial charge in [0.1, 0.15) is 0 Å². The van der Waals surface area contributed by atoms with Gasteiger partial charge in [-0.2, -0.15) is 0 Å². The average Bonchev–Trinajstić information content (AvgIpc) is 3.33. The van der Waals surface area contributed by atoms with Crippen LogP contribution in [0.1, 0.15) is 112 Å². The quantitative estimate of drug-likeness (QED) is 0.429. The second-order valence-corrected chi connectivity index (χ2v) is 14.3. The van der Waals surface area contributed by atoms with Gasteiger partial charge in [-0.3, -0.25) is 0 Å². The Labute approximate surface area is 201 Å². The molecule has 2 N–H and O–H groups in total. The maximum absolute atomic E-state index is 11.2. The predicted molar refractivity (Wildman–Crippen MR) is 133 cm³/mol. The molecular weight excluding hydrogens is 408 g/mol. The van der Waals surface area contributed by atoms with Gasteiger partial charge in [-0.25, -0.2) is 4.79 Å². The lowest BCUT2D eigenvalue weighted by Crippen LogP contribution is -2.57. The minimum atomic E-state index is -0.784. The number of aliphatic hydroxyl groups excluding tert-OH is 1. The fourth-order valence-electron chi connectivity index (χ4n) is 11.2. The average molecular weight is 457 g/mol. The van der Waals surface area contributed by atoms with Crippen molar-refractivity contribution < 1.29 is 15.0 Å². The van der Waals surface area contributed by atoms with E-state index in [4.69, 9.17) is 0 Å². The Morgan fingerprint density at radius 2 is 1.61 bits per heavy atom. The van der Waals surface area contributed by atoms with Crippen molar-refractivity contribution in [2.75, 3.05) is 0 Å². The van der Waals surface area contributed by atoms with Crippen LogP contribution in [-0.4, -0.2) is 22.3 Å². The summed E-state index contributed by atoms with van der Waals surface area (Å²) in [5.74, 6) is 2.19. The number of carboxylic acids is 1. The zero-order chi connectivity index (χ0) is 24.0. The van der Waals surface area contributed by atoms with E-state index in [-0.39, 0.29) is 11.5 Å². The molecule has 0 heterocycles. The Morgan fingerprint density at radius 3 is 2.30 bits per heavy atom. The number of hydrogen-bond donors (Lipinski definition) is 2. The number of rotatable bonds is 5. The van der Waals surface area contributed by atoms with Gasteiger partial charge in [-0.05, 0) is 128 Å². The lowest BCUT2D eigenvalue weighted by molar-refractivity contribution is -0.161. The molecule has 0 saturated heterocycles. The van der Waals surface area contributed by atoms with E-state index in [1.54, 1.807) is 6.92 Å². The Morgan fingerprint density at radius 1 is 0.939 bits per heavy atom. The van der Waals surface area contributed by atoms with Crippen LogP contribution in [0.25, 0.3) is 0 Å². The van der Waals surface area contributed by atoms with E-state index in [2.05, 4.69) is 34.6 Å². The molecule has 5 aliphatic rings. The van der Waals surface area contributed by atoms with E-state index in [0.29, 0.717) is 39.1 Å². The fourth-order valence-corrected chi connectivity index (χ4v) is 11.2. The Hall–Kier alpha value is -0.830. The zero-order valence-corrected chi connectivity index (χ0v) is 22.0. The standard InChI is InChI=1S/C30H48O3/c1-19(8-7-9-20(2)25(32)33)21-12-14-28(6)23-11-10-22-26(3,4)24(31)13-15-29(22)18-30(23,29)17-16-27(21,28)5/h9,19,21-24,31H,7-8,10-18H2,1-6H3,(H,32,33)/b20-9-/t19-,21-,22-,23-,24-,27-,28+,29-,30+/m1/s1. The van der Waals surface area contributed by atoms with Gasteiger partial charge in [0.15, 0.2) is 0 Å². The highest BCUT2D eigenvalue weighted by Crippen LogP contribution is 2.89. The Bertz CT molecular complexity index is 859. The summed E-state index contributed by atoms with van der Waals surface area (Å²) in [5.41, 5.74) is 2.48. The van der Waals surface area contributed by atoms with E-state index in [0.717, 1.165) is 31.1 Å². The molecule has 0 unspecified atom stereocenters. The van der Waals surface area contributed by atoms with Crippen LogP contribution >= 0.6 is 0 Å². The first-order valence-corrected chi connectivity index (χ1v) is 13.9. The second-order valence-electron chi connectivity index (χ2n) is 14.3. The summed E-state index contributed by atoms with van der Waals surface area (Å²) in [6.07, 6.45) is 15.7. The lowest BCUT2D eigenvalue weighted by Gasteiger charge is -2.63. The molecule has 3 nitrogen and oxygen atoms in total. The number of fused-ring (bicyclic) bond motifs is 2. The van der Waals surface area contributed by atoms with E-state index < -0.39 is 5.97 Å². The van der Waals surface area contributed by atoms with Gasteiger partial charge in [-0.1, -0.05) is 40.7 Å². The van der Waals surface area contributed by atoms with Crippen LogP contribution in [0.5, 0.6) is 0 Å². The zero-order valence-electron chi connectivity index (χ0n) is 22.0. The van der Waals surface area contributed by atoms with Crippen molar-refractivity contribution in [2.45, 2.75) is 118 Å². The van der Waals surface area contributed by atoms with Gasteiger partial charge < -0.3 is 10.2 Å². The summed E-state index contributed by atoms with van der Waals surface area (Å²) in [6, 6.07) is 0. The molecule has 5 fully saturated rings. The van der Waals surface area contributed by atoms with Gasteiger partial charge in [0, 0.05) is 5.57 Å². The van der Waals surface area contributed by atoms with E-state index in [1.807, 2.05) is 6.08 Å². The number of aliphatic hydroxyl groups is 1. The van der Waals surface area contributed by atoms with Crippen LogP contribution in [0.2, 0.25) is 0 Å². The molecule has 33 heavy (non-hydrogen) atoms. The summed E-state index contributed by atoms with van der Waals surface area (Å²) in [7, 11) is 0. The Kier molecular flexibility index (Phi) is 5.31. The summed E-state index contributed by atoms with van der Waals surface area (Å²) < 4.78 is 0. The molecule has 5 rings (SSSR count). The molecule has 0 aliphatic heterocycles. The van der Waals surface area contributed by atoms with Crippen LogP contribution in [0.3, 0.4) is 0 Å². The van der Waals surface area contributed by atoms with Gasteiger partial charge in [-0.15, -0.1) is 0 Å². The first-order chi connectivity index (χ1) is 15.4. The molecule has 0 amide bonds. The number of carbonyl (C=O) groups is 1. The summed E-state index contributed by atoms with van der Waals surface area (Å²) in [5, 5.41) is 20.0. The van der Waals surface area contributed by atoms with Crippen LogP contribution in [-0.2, 0) is 4.79 Å². The molecule has 5 aliphatic carbocycles.